The van der Waals surface area contributed by atoms with Gasteiger partial charge in [-0.25, -0.2) is 5.48 Å². The lowest BCUT2D eigenvalue weighted by atomic mass is 9.93. The summed E-state index contributed by atoms with van der Waals surface area (Å²) in [4.78, 5) is 23.2. The van der Waals surface area contributed by atoms with E-state index in [1.165, 1.54) is 0 Å². The van der Waals surface area contributed by atoms with Gasteiger partial charge in [0.05, 0.1) is 11.3 Å². The van der Waals surface area contributed by atoms with E-state index in [0.29, 0.717) is 25.2 Å². The van der Waals surface area contributed by atoms with Crippen LogP contribution in [0.1, 0.15) is 18.9 Å². The molecule has 0 aromatic heterocycles. The minimum Gasteiger partial charge on any atom is -0.481 e. The summed E-state index contributed by atoms with van der Waals surface area (Å²) in [6.45, 7) is 2.06. The van der Waals surface area contributed by atoms with Crippen molar-refractivity contribution in [3.8, 4) is 17.6 Å². The van der Waals surface area contributed by atoms with Crippen LogP contribution in [0.15, 0.2) is 24.3 Å². The van der Waals surface area contributed by atoms with Crippen molar-refractivity contribution in [3.05, 3.63) is 29.8 Å². The van der Waals surface area contributed by atoms with Crippen LogP contribution in [0.4, 0.5) is 0 Å². The summed E-state index contributed by atoms with van der Waals surface area (Å²) >= 11 is 0. The Labute approximate surface area is 128 Å². The predicted molar refractivity (Wildman–Crippen MR) is 78.8 cm³/mol. The zero-order chi connectivity index (χ0) is 16.2. The molecule has 6 heteroatoms. The molecule has 1 aliphatic carbocycles. The number of hydroxylamine groups is 1. The normalized spacial score (nSPS) is 22.2. The summed E-state index contributed by atoms with van der Waals surface area (Å²) in [5, 5.41) is 8.69. The van der Waals surface area contributed by atoms with Crippen molar-refractivity contribution in [2.24, 2.45) is 17.1 Å². The van der Waals surface area contributed by atoms with Gasteiger partial charge in [-0.05, 0) is 37.5 Å². The Morgan fingerprint density at radius 1 is 1.45 bits per heavy atom. The first-order valence-corrected chi connectivity index (χ1v) is 6.88. The molecule has 1 saturated carbocycles. The fourth-order valence-electron chi connectivity index (χ4n) is 2.54. The highest BCUT2D eigenvalue weighted by atomic mass is 16.5. The third-order valence-corrected chi connectivity index (χ3v) is 3.92. The van der Waals surface area contributed by atoms with E-state index in [0.717, 1.165) is 5.56 Å². The Balaban J connectivity index is 2.04. The number of ether oxygens (including phenoxy) is 1. The van der Waals surface area contributed by atoms with Crippen LogP contribution < -0.4 is 16.0 Å². The highest BCUT2D eigenvalue weighted by Gasteiger charge is 2.62. The Morgan fingerprint density at radius 3 is 2.68 bits per heavy atom. The van der Waals surface area contributed by atoms with Crippen LogP contribution >= 0.6 is 0 Å². The van der Waals surface area contributed by atoms with Gasteiger partial charge in [-0.3, -0.25) is 14.8 Å². The maximum atomic E-state index is 11.7. The molecule has 1 aromatic carbocycles. The largest absolute Gasteiger partial charge is 0.481 e. The molecule has 0 heterocycles. The summed E-state index contributed by atoms with van der Waals surface area (Å²) in [5.41, 5.74) is 6.98. The van der Waals surface area contributed by atoms with E-state index in [4.69, 9.17) is 15.7 Å². The van der Waals surface area contributed by atoms with Crippen LogP contribution in [-0.2, 0) is 16.0 Å². The van der Waals surface area contributed by atoms with Gasteiger partial charge in [-0.2, -0.15) is 0 Å². The third kappa shape index (κ3) is 3.21. The number of benzene rings is 1. The molecule has 2 amide bonds. The lowest BCUT2D eigenvalue weighted by Gasteiger charge is -2.13. The highest BCUT2D eigenvalue weighted by molar-refractivity contribution is 5.95. The van der Waals surface area contributed by atoms with E-state index in [2.05, 4.69) is 11.8 Å². The molecule has 116 valence electrons. The van der Waals surface area contributed by atoms with Crippen LogP contribution in [0, 0.1) is 23.2 Å². The Bertz CT molecular complexity index is 630. The van der Waals surface area contributed by atoms with Gasteiger partial charge in [0, 0.05) is 0 Å². The summed E-state index contributed by atoms with van der Waals surface area (Å²) in [5.74, 6) is 4.54. The molecule has 2 atom stereocenters. The topological polar surface area (TPSA) is 102 Å². The first-order valence-electron chi connectivity index (χ1n) is 6.88. The number of nitrogens with one attached hydrogen (secondary N) is 1. The van der Waals surface area contributed by atoms with Crippen molar-refractivity contribution in [2.75, 3.05) is 6.61 Å². The maximum Gasteiger partial charge on any atom is 0.247 e. The molecule has 6 nitrogen and oxygen atoms in total. The molecule has 0 spiro atoms. The Morgan fingerprint density at radius 2 is 2.14 bits per heavy atom. The molecule has 0 aliphatic heterocycles. The van der Waals surface area contributed by atoms with E-state index in [9.17, 15) is 9.59 Å². The Hall–Kier alpha value is -2.52. The number of hydrogen-bond donors (Lipinski definition) is 3. The number of carbonyl (C=O) groups is 2. The van der Waals surface area contributed by atoms with Gasteiger partial charge < -0.3 is 10.5 Å². The fourth-order valence-corrected chi connectivity index (χ4v) is 2.54. The summed E-state index contributed by atoms with van der Waals surface area (Å²) in [6.07, 6.45) is 0.703. The molecule has 1 aromatic rings. The second kappa shape index (κ2) is 6.50. The molecule has 0 bridgehead atoms. The van der Waals surface area contributed by atoms with Crippen molar-refractivity contribution in [1.82, 2.24) is 5.48 Å². The molecule has 1 aliphatic rings. The smallest absolute Gasteiger partial charge is 0.247 e. The zero-order valence-electron chi connectivity index (χ0n) is 12.3. The lowest BCUT2D eigenvalue weighted by Crippen LogP contribution is -2.33. The highest BCUT2D eigenvalue weighted by Crippen LogP contribution is 2.54. The van der Waals surface area contributed by atoms with Crippen LogP contribution in [0.3, 0.4) is 0 Å². The Kier molecular flexibility index (Phi) is 4.68. The molecule has 22 heavy (non-hydrogen) atoms. The number of primary amides is 1. The van der Waals surface area contributed by atoms with Crippen LogP contribution in [0.2, 0.25) is 0 Å². The third-order valence-electron chi connectivity index (χ3n) is 3.92. The van der Waals surface area contributed by atoms with Crippen LogP contribution in [0.25, 0.3) is 0 Å². The average molecular weight is 302 g/mol. The van der Waals surface area contributed by atoms with Gasteiger partial charge in [0.15, 0.2) is 0 Å². The number of carbonyl (C=O) groups excluding carboxylic acids is 2. The molecule has 0 saturated heterocycles. The van der Waals surface area contributed by atoms with Gasteiger partial charge in [-0.15, -0.1) is 5.92 Å². The first-order chi connectivity index (χ1) is 10.5. The van der Waals surface area contributed by atoms with Crippen molar-refractivity contribution in [1.29, 1.82) is 0 Å². The molecule has 1 fully saturated rings. The molecular formula is C16H18N2O4. The van der Waals surface area contributed by atoms with Crippen molar-refractivity contribution in [2.45, 2.75) is 19.8 Å². The number of rotatable bonds is 6. The number of nitrogens with two attached hydrogens (primary N) is 1. The minimum absolute atomic E-state index is 0.319. The van der Waals surface area contributed by atoms with Gasteiger partial charge in [0.25, 0.3) is 0 Å². The van der Waals surface area contributed by atoms with Crippen molar-refractivity contribution < 1.29 is 19.5 Å². The lowest BCUT2D eigenvalue weighted by molar-refractivity contribution is -0.134. The van der Waals surface area contributed by atoms with Gasteiger partial charge in [0.2, 0.25) is 11.8 Å². The SMILES string of the molecule is CC#CCOc1ccc(CC2(C(N)=O)CC2C(=O)NO)cc1. The molecule has 0 radical (unpaired) electrons. The monoisotopic (exact) mass is 302 g/mol. The molecule has 2 unspecified atom stereocenters. The van der Waals surface area contributed by atoms with E-state index in [1.807, 2.05) is 12.1 Å². The number of hydrogen-bond acceptors (Lipinski definition) is 4. The molecule has 4 N–H and O–H groups in total. The zero-order valence-corrected chi connectivity index (χ0v) is 12.3. The second-order valence-electron chi connectivity index (χ2n) is 5.29. The predicted octanol–water partition coefficient (Wildman–Crippen LogP) is 0.628. The molecule has 2 rings (SSSR count). The first kappa shape index (κ1) is 15.9. The number of amides is 2. The average Bonchev–Trinajstić information content (AvgIpc) is 3.24. The fraction of sp³-hybridized carbons (Fsp3) is 0.375. The summed E-state index contributed by atoms with van der Waals surface area (Å²) in [6, 6.07) is 7.22. The maximum absolute atomic E-state index is 11.7. The standard InChI is InChI=1S/C16H18N2O4/c1-2-3-8-22-12-6-4-11(5-7-12)9-16(15(17)20)10-13(16)14(19)18-21/h4-7,13,21H,8-10H2,1H3,(H2,17,20)(H,18,19). The molecular weight excluding hydrogens is 284 g/mol. The van der Waals surface area contributed by atoms with E-state index < -0.39 is 23.1 Å². The van der Waals surface area contributed by atoms with Crippen molar-refractivity contribution in [3.63, 3.8) is 0 Å². The van der Waals surface area contributed by atoms with Gasteiger partial charge >= 0.3 is 0 Å². The second-order valence-corrected chi connectivity index (χ2v) is 5.29. The van der Waals surface area contributed by atoms with Crippen molar-refractivity contribution >= 4 is 11.8 Å². The van der Waals surface area contributed by atoms with Crippen LogP contribution in [-0.4, -0.2) is 23.6 Å². The summed E-state index contributed by atoms with van der Waals surface area (Å²) in [7, 11) is 0. The van der Waals surface area contributed by atoms with E-state index in [-0.39, 0.29) is 0 Å². The minimum atomic E-state index is -0.914. The van der Waals surface area contributed by atoms with Gasteiger partial charge in [0.1, 0.15) is 12.4 Å². The summed E-state index contributed by atoms with van der Waals surface area (Å²) < 4.78 is 5.41. The van der Waals surface area contributed by atoms with Gasteiger partial charge in [-0.1, -0.05) is 18.1 Å². The quantitative estimate of drug-likeness (QED) is 0.407. The van der Waals surface area contributed by atoms with Crippen LogP contribution in [0.5, 0.6) is 5.75 Å². The van der Waals surface area contributed by atoms with E-state index >= 15 is 0 Å². The van der Waals surface area contributed by atoms with E-state index in [1.54, 1.807) is 24.5 Å².